The van der Waals surface area contributed by atoms with Gasteiger partial charge >= 0.3 is 5.97 Å². The van der Waals surface area contributed by atoms with Crippen LogP contribution in [0.3, 0.4) is 0 Å². The van der Waals surface area contributed by atoms with Crippen LogP contribution in [-0.4, -0.2) is 12.6 Å². The molecule has 0 unspecified atom stereocenters. The number of hydrogen-bond donors (Lipinski definition) is 0. The van der Waals surface area contributed by atoms with E-state index < -0.39 is 0 Å². The summed E-state index contributed by atoms with van der Waals surface area (Å²) in [5.74, 6) is -0.184. The van der Waals surface area contributed by atoms with Crippen molar-refractivity contribution in [2.24, 2.45) is 0 Å². The number of thiophene rings is 1. The first-order valence-electron chi connectivity index (χ1n) is 5.05. The lowest BCUT2D eigenvalue weighted by molar-refractivity contribution is 0.0503. The maximum Gasteiger partial charge on any atom is 0.348 e. The van der Waals surface area contributed by atoms with Crippen molar-refractivity contribution in [2.45, 2.75) is 32.6 Å². The molecular formula is C11H16O2S. The summed E-state index contributed by atoms with van der Waals surface area (Å²) in [5, 5.41) is 1.88. The lowest BCUT2D eigenvalue weighted by atomic mass is 10.2. The van der Waals surface area contributed by atoms with Crippen LogP contribution in [0.1, 0.15) is 42.3 Å². The molecule has 1 aromatic heterocycles. The van der Waals surface area contributed by atoms with Crippen LogP contribution in [0.4, 0.5) is 0 Å². The fraction of sp³-hybridized carbons (Fsp3) is 0.545. The van der Waals surface area contributed by atoms with Gasteiger partial charge in [-0.1, -0.05) is 32.3 Å². The molecule has 0 radical (unpaired) electrons. The molecule has 14 heavy (non-hydrogen) atoms. The van der Waals surface area contributed by atoms with E-state index >= 15 is 0 Å². The summed E-state index contributed by atoms with van der Waals surface area (Å²) in [6.07, 6.45) is 4.55. The van der Waals surface area contributed by atoms with Crippen molar-refractivity contribution in [1.29, 1.82) is 0 Å². The number of hydrogen-bond acceptors (Lipinski definition) is 3. The Bertz CT molecular complexity index is 254. The Labute approximate surface area is 88.9 Å². The first-order valence-corrected chi connectivity index (χ1v) is 5.93. The van der Waals surface area contributed by atoms with E-state index in [1.165, 1.54) is 24.2 Å². The smallest absolute Gasteiger partial charge is 0.348 e. The molecule has 1 aromatic rings. The highest BCUT2D eigenvalue weighted by molar-refractivity contribution is 7.11. The third-order valence-electron chi connectivity index (χ3n) is 1.95. The van der Waals surface area contributed by atoms with E-state index in [-0.39, 0.29) is 5.97 Å². The van der Waals surface area contributed by atoms with Gasteiger partial charge in [0.15, 0.2) is 0 Å². The van der Waals surface area contributed by atoms with Crippen molar-refractivity contribution in [3.8, 4) is 0 Å². The summed E-state index contributed by atoms with van der Waals surface area (Å²) in [4.78, 5) is 12.0. The topological polar surface area (TPSA) is 26.3 Å². The van der Waals surface area contributed by atoms with Crippen LogP contribution in [0, 0.1) is 0 Å². The molecular weight excluding hydrogens is 196 g/mol. The van der Waals surface area contributed by atoms with Crippen LogP contribution in [0.25, 0.3) is 0 Å². The first-order chi connectivity index (χ1) is 6.84. The van der Waals surface area contributed by atoms with Crippen LogP contribution in [0.2, 0.25) is 0 Å². The van der Waals surface area contributed by atoms with Gasteiger partial charge in [-0.2, -0.15) is 0 Å². The van der Waals surface area contributed by atoms with E-state index in [0.29, 0.717) is 11.5 Å². The molecule has 3 heteroatoms. The number of esters is 1. The highest BCUT2D eigenvalue weighted by atomic mass is 32.1. The molecule has 1 rings (SSSR count). The van der Waals surface area contributed by atoms with Crippen molar-refractivity contribution in [3.05, 3.63) is 22.4 Å². The fourth-order valence-corrected chi connectivity index (χ4v) is 1.78. The molecule has 0 aliphatic carbocycles. The zero-order valence-electron chi connectivity index (χ0n) is 8.49. The van der Waals surface area contributed by atoms with E-state index in [1.54, 1.807) is 6.07 Å². The Morgan fingerprint density at radius 2 is 2.29 bits per heavy atom. The minimum atomic E-state index is -0.184. The van der Waals surface area contributed by atoms with Gasteiger partial charge in [0.1, 0.15) is 4.88 Å². The normalized spacial score (nSPS) is 10.1. The molecule has 2 nitrogen and oxygen atoms in total. The average Bonchev–Trinajstić information content (AvgIpc) is 2.70. The molecule has 0 spiro atoms. The largest absolute Gasteiger partial charge is 0.462 e. The summed E-state index contributed by atoms with van der Waals surface area (Å²) in [6, 6.07) is 3.65. The van der Waals surface area contributed by atoms with Crippen molar-refractivity contribution < 1.29 is 9.53 Å². The summed E-state index contributed by atoms with van der Waals surface area (Å²) in [6.45, 7) is 2.72. The molecule has 0 aromatic carbocycles. The van der Waals surface area contributed by atoms with Crippen molar-refractivity contribution in [1.82, 2.24) is 0 Å². The monoisotopic (exact) mass is 212 g/mol. The van der Waals surface area contributed by atoms with Crippen molar-refractivity contribution in [3.63, 3.8) is 0 Å². The van der Waals surface area contributed by atoms with Crippen LogP contribution in [0.15, 0.2) is 17.5 Å². The van der Waals surface area contributed by atoms with Gasteiger partial charge in [0.2, 0.25) is 0 Å². The molecule has 0 atom stereocenters. The van der Waals surface area contributed by atoms with Gasteiger partial charge in [0.25, 0.3) is 0 Å². The Hall–Kier alpha value is -0.830. The third-order valence-corrected chi connectivity index (χ3v) is 2.80. The van der Waals surface area contributed by atoms with Crippen molar-refractivity contribution in [2.75, 3.05) is 6.61 Å². The minimum Gasteiger partial charge on any atom is -0.462 e. The van der Waals surface area contributed by atoms with Gasteiger partial charge < -0.3 is 4.74 Å². The summed E-state index contributed by atoms with van der Waals surface area (Å²) in [7, 11) is 0. The second-order valence-corrected chi connectivity index (χ2v) is 4.12. The van der Waals surface area contributed by atoms with Crippen LogP contribution >= 0.6 is 11.3 Å². The van der Waals surface area contributed by atoms with Crippen LogP contribution < -0.4 is 0 Å². The molecule has 0 aliphatic rings. The van der Waals surface area contributed by atoms with E-state index in [1.807, 2.05) is 11.4 Å². The second-order valence-electron chi connectivity index (χ2n) is 3.17. The van der Waals surface area contributed by atoms with Gasteiger partial charge in [-0.25, -0.2) is 4.79 Å². The van der Waals surface area contributed by atoms with Crippen molar-refractivity contribution >= 4 is 17.3 Å². The predicted molar refractivity (Wildman–Crippen MR) is 58.7 cm³/mol. The van der Waals surface area contributed by atoms with Crippen LogP contribution in [0.5, 0.6) is 0 Å². The second kappa shape index (κ2) is 6.60. The molecule has 0 bridgehead atoms. The molecule has 0 saturated carbocycles. The maximum atomic E-state index is 11.3. The molecule has 78 valence electrons. The highest BCUT2D eigenvalue weighted by Gasteiger charge is 2.06. The van der Waals surface area contributed by atoms with Gasteiger partial charge in [-0.15, -0.1) is 11.3 Å². The minimum absolute atomic E-state index is 0.184. The summed E-state index contributed by atoms with van der Waals surface area (Å²) in [5.41, 5.74) is 0. The molecule has 0 amide bonds. The number of unbranched alkanes of at least 4 members (excludes halogenated alkanes) is 3. The lowest BCUT2D eigenvalue weighted by Gasteiger charge is -2.02. The Morgan fingerprint density at radius 3 is 2.93 bits per heavy atom. The van der Waals surface area contributed by atoms with Gasteiger partial charge in [0.05, 0.1) is 6.61 Å². The molecule has 0 fully saturated rings. The Kier molecular flexibility index (Phi) is 5.30. The molecule has 1 heterocycles. The molecule has 0 saturated heterocycles. The van der Waals surface area contributed by atoms with Gasteiger partial charge in [0, 0.05) is 0 Å². The van der Waals surface area contributed by atoms with E-state index in [9.17, 15) is 4.79 Å². The average molecular weight is 212 g/mol. The predicted octanol–water partition coefficient (Wildman–Crippen LogP) is 3.49. The van der Waals surface area contributed by atoms with Crippen LogP contribution in [-0.2, 0) is 4.74 Å². The summed E-state index contributed by atoms with van der Waals surface area (Å²) >= 11 is 1.42. The lowest BCUT2D eigenvalue weighted by Crippen LogP contribution is -2.04. The Balaban J connectivity index is 2.10. The number of carbonyl (C=O) groups excluding carboxylic acids is 1. The van der Waals surface area contributed by atoms with Gasteiger partial charge in [-0.3, -0.25) is 0 Å². The summed E-state index contributed by atoms with van der Waals surface area (Å²) < 4.78 is 5.10. The van der Waals surface area contributed by atoms with Gasteiger partial charge in [-0.05, 0) is 17.9 Å². The van der Waals surface area contributed by atoms with E-state index in [2.05, 4.69) is 6.92 Å². The highest BCUT2D eigenvalue weighted by Crippen LogP contribution is 2.10. The standard InChI is InChI=1S/C11H16O2S/c1-2-3-4-5-8-13-11(12)10-7-6-9-14-10/h6-7,9H,2-5,8H2,1H3. The molecule has 0 aliphatic heterocycles. The number of rotatable bonds is 6. The third kappa shape index (κ3) is 3.92. The zero-order chi connectivity index (χ0) is 10.2. The fourth-order valence-electron chi connectivity index (χ4n) is 1.16. The maximum absolute atomic E-state index is 11.3. The zero-order valence-corrected chi connectivity index (χ0v) is 9.31. The first kappa shape index (κ1) is 11.2. The Morgan fingerprint density at radius 1 is 1.43 bits per heavy atom. The number of carbonyl (C=O) groups is 1. The van der Waals surface area contributed by atoms with E-state index in [0.717, 1.165) is 12.8 Å². The quantitative estimate of drug-likeness (QED) is 0.533. The number of ether oxygens (including phenoxy) is 1. The SMILES string of the molecule is CCCCCCOC(=O)c1cccs1. The molecule has 0 N–H and O–H groups in total. The van der Waals surface area contributed by atoms with E-state index in [4.69, 9.17) is 4.74 Å².